The van der Waals surface area contributed by atoms with Crippen molar-refractivity contribution in [3.05, 3.63) is 36.5 Å². The highest BCUT2D eigenvalue weighted by molar-refractivity contribution is 6.19. The molecule has 0 aliphatic carbocycles. The molecule has 1 aromatic carbocycles. The molecule has 2 aromatic rings. The molecule has 1 unspecified atom stereocenters. The summed E-state index contributed by atoms with van der Waals surface area (Å²) in [6.45, 7) is 5.16. The van der Waals surface area contributed by atoms with Gasteiger partial charge in [-0.15, -0.1) is 0 Å². The third-order valence-corrected chi connectivity index (χ3v) is 4.53. The number of fused-ring (bicyclic) bond motifs is 1. The van der Waals surface area contributed by atoms with Crippen LogP contribution in [-0.2, 0) is 9.59 Å². The quantitative estimate of drug-likeness (QED) is 0.796. The zero-order valence-electron chi connectivity index (χ0n) is 16.5. The fraction of sp³-hybridized carbons (Fsp3) is 0.350. The van der Waals surface area contributed by atoms with Gasteiger partial charge in [-0.2, -0.15) is 0 Å². The summed E-state index contributed by atoms with van der Waals surface area (Å²) in [6, 6.07) is 8.14. The van der Waals surface area contributed by atoms with Crippen molar-refractivity contribution in [3.63, 3.8) is 0 Å². The van der Waals surface area contributed by atoms with E-state index in [4.69, 9.17) is 14.2 Å². The van der Waals surface area contributed by atoms with Crippen molar-refractivity contribution in [1.82, 2.24) is 4.98 Å². The average molecular weight is 385 g/mol. The van der Waals surface area contributed by atoms with Crippen molar-refractivity contribution >= 4 is 23.3 Å². The molecule has 0 saturated heterocycles. The fourth-order valence-electron chi connectivity index (χ4n) is 3.00. The number of rotatable bonds is 5. The van der Waals surface area contributed by atoms with Gasteiger partial charge in [-0.05, 0) is 45.0 Å². The van der Waals surface area contributed by atoms with Gasteiger partial charge < -0.3 is 19.5 Å². The number of anilines is 2. The van der Waals surface area contributed by atoms with Gasteiger partial charge in [0.1, 0.15) is 11.5 Å². The number of benzene rings is 1. The molecule has 2 amide bonds. The molecule has 1 atom stereocenters. The predicted molar refractivity (Wildman–Crippen MR) is 104 cm³/mol. The summed E-state index contributed by atoms with van der Waals surface area (Å²) in [5.74, 6) is 0.657. The Kier molecular flexibility index (Phi) is 5.13. The molecule has 148 valence electrons. The molecule has 0 fully saturated rings. The van der Waals surface area contributed by atoms with E-state index in [1.807, 2.05) is 13.8 Å². The second-order valence-electron chi connectivity index (χ2n) is 6.75. The summed E-state index contributed by atoms with van der Waals surface area (Å²) < 4.78 is 16.3. The molecular formula is C20H23N3O5. The van der Waals surface area contributed by atoms with Crippen LogP contribution < -0.4 is 24.4 Å². The molecule has 2 heterocycles. The Hall–Kier alpha value is -3.29. The van der Waals surface area contributed by atoms with Gasteiger partial charge >= 0.3 is 0 Å². The number of carbonyl (C=O) groups is 2. The molecular weight excluding hydrogens is 362 g/mol. The lowest BCUT2D eigenvalue weighted by atomic mass is 9.99. The Morgan fingerprint density at radius 2 is 2.00 bits per heavy atom. The largest absolute Gasteiger partial charge is 0.497 e. The molecule has 0 bridgehead atoms. The SMILES string of the molecule is COc1ccc(NC(=O)C2(C)Oc3cccnc3N(C(C)C)C2=O)c(OC)c1. The summed E-state index contributed by atoms with van der Waals surface area (Å²) in [5.41, 5.74) is -1.36. The highest BCUT2D eigenvalue weighted by Crippen LogP contribution is 2.38. The third-order valence-electron chi connectivity index (χ3n) is 4.53. The van der Waals surface area contributed by atoms with Crippen molar-refractivity contribution in [3.8, 4) is 17.2 Å². The number of pyridine rings is 1. The Balaban J connectivity index is 1.96. The van der Waals surface area contributed by atoms with Gasteiger partial charge in [0.05, 0.1) is 19.9 Å². The third kappa shape index (κ3) is 3.21. The maximum absolute atomic E-state index is 13.2. The van der Waals surface area contributed by atoms with E-state index in [0.717, 1.165) is 0 Å². The minimum Gasteiger partial charge on any atom is -0.497 e. The van der Waals surface area contributed by atoms with E-state index in [-0.39, 0.29) is 6.04 Å². The van der Waals surface area contributed by atoms with E-state index in [9.17, 15) is 9.59 Å². The van der Waals surface area contributed by atoms with Crippen LogP contribution in [0.4, 0.5) is 11.5 Å². The lowest BCUT2D eigenvalue weighted by molar-refractivity contribution is -0.145. The van der Waals surface area contributed by atoms with Crippen LogP contribution in [0.25, 0.3) is 0 Å². The van der Waals surface area contributed by atoms with Gasteiger partial charge in [0.15, 0.2) is 11.6 Å². The minimum atomic E-state index is -1.76. The van der Waals surface area contributed by atoms with Crippen molar-refractivity contribution in [2.45, 2.75) is 32.4 Å². The molecule has 1 aromatic heterocycles. The van der Waals surface area contributed by atoms with E-state index in [1.54, 1.807) is 36.5 Å². The van der Waals surface area contributed by atoms with Crippen LogP contribution in [0, 0.1) is 0 Å². The first-order valence-corrected chi connectivity index (χ1v) is 8.83. The maximum Gasteiger partial charge on any atom is 0.282 e. The number of hydrogen-bond acceptors (Lipinski definition) is 6. The Morgan fingerprint density at radius 1 is 1.25 bits per heavy atom. The summed E-state index contributed by atoms with van der Waals surface area (Å²) in [7, 11) is 3.02. The standard InChI is InChI=1S/C20H23N3O5/c1-12(2)23-17-15(7-6-10-21-17)28-20(3,19(23)25)18(24)22-14-9-8-13(26-4)11-16(14)27-5/h6-12H,1-5H3,(H,22,24). The zero-order chi connectivity index (χ0) is 20.5. The van der Waals surface area contributed by atoms with Gasteiger partial charge in [0.25, 0.3) is 17.4 Å². The van der Waals surface area contributed by atoms with Gasteiger partial charge in [-0.3, -0.25) is 14.5 Å². The molecule has 0 spiro atoms. The summed E-state index contributed by atoms with van der Waals surface area (Å²) in [5, 5.41) is 2.73. The zero-order valence-corrected chi connectivity index (χ0v) is 16.5. The minimum absolute atomic E-state index is 0.201. The number of amides is 2. The molecule has 8 heteroatoms. The highest BCUT2D eigenvalue weighted by atomic mass is 16.5. The van der Waals surface area contributed by atoms with E-state index in [1.165, 1.54) is 26.0 Å². The number of methoxy groups -OCH3 is 2. The first-order valence-electron chi connectivity index (χ1n) is 8.83. The lowest BCUT2D eigenvalue weighted by Gasteiger charge is -2.40. The Morgan fingerprint density at radius 3 is 2.64 bits per heavy atom. The molecule has 0 saturated carbocycles. The molecule has 8 nitrogen and oxygen atoms in total. The van der Waals surface area contributed by atoms with E-state index < -0.39 is 17.4 Å². The van der Waals surface area contributed by atoms with Crippen LogP contribution in [-0.4, -0.2) is 42.7 Å². The second kappa shape index (κ2) is 7.38. The number of carbonyl (C=O) groups excluding carboxylic acids is 2. The first-order chi connectivity index (χ1) is 13.3. The normalized spacial score (nSPS) is 18.4. The van der Waals surface area contributed by atoms with Crippen molar-refractivity contribution in [2.24, 2.45) is 0 Å². The molecule has 3 rings (SSSR count). The molecule has 0 radical (unpaired) electrons. The van der Waals surface area contributed by atoms with Crippen LogP contribution in [0.15, 0.2) is 36.5 Å². The Bertz CT molecular complexity index is 914. The Labute approximate surface area is 163 Å². The summed E-state index contributed by atoms with van der Waals surface area (Å²) in [6.07, 6.45) is 1.58. The van der Waals surface area contributed by atoms with E-state index >= 15 is 0 Å². The van der Waals surface area contributed by atoms with Gasteiger partial charge in [-0.25, -0.2) is 4.98 Å². The number of ether oxygens (including phenoxy) is 3. The van der Waals surface area contributed by atoms with Crippen LogP contribution in [0.3, 0.4) is 0 Å². The first kappa shape index (κ1) is 19.5. The van der Waals surface area contributed by atoms with E-state index in [0.29, 0.717) is 28.8 Å². The number of aromatic nitrogens is 1. The molecule has 1 aliphatic heterocycles. The molecule has 28 heavy (non-hydrogen) atoms. The smallest absolute Gasteiger partial charge is 0.282 e. The van der Waals surface area contributed by atoms with Crippen molar-refractivity contribution in [2.75, 3.05) is 24.4 Å². The maximum atomic E-state index is 13.2. The topological polar surface area (TPSA) is 90.0 Å². The van der Waals surface area contributed by atoms with Crippen LogP contribution in [0.2, 0.25) is 0 Å². The number of nitrogens with zero attached hydrogens (tertiary/aromatic N) is 2. The predicted octanol–water partition coefficient (Wildman–Crippen LogP) is 2.63. The van der Waals surface area contributed by atoms with Gasteiger partial charge in [-0.1, -0.05) is 0 Å². The van der Waals surface area contributed by atoms with Gasteiger partial charge in [0, 0.05) is 18.3 Å². The lowest BCUT2D eigenvalue weighted by Crippen LogP contribution is -2.62. The second-order valence-corrected chi connectivity index (χ2v) is 6.75. The molecule has 1 N–H and O–H groups in total. The highest BCUT2D eigenvalue weighted by Gasteiger charge is 2.52. The van der Waals surface area contributed by atoms with Crippen LogP contribution >= 0.6 is 0 Å². The summed E-state index contributed by atoms with van der Waals surface area (Å²) >= 11 is 0. The van der Waals surface area contributed by atoms with Crippen molar-refractivity contribution < 1.29 is 23.8 Å². The summed E-state index contributed by atoms with van der Waals surface area (Å²) in [4.78, 5) is 32.0. The van der Waals surface area contributed by atoms with E-state index in [2.05, 4.69) is 10.3 Å². The molecule has 1 aliphatic rings. The van der Waals surface area contributed by atoms with Crippen LogP contribution in [0.1, 0.15) is 20.8 Å². The van der Waals surface area contributed by atoms with Crippen molar-refractivity contribution in [1.29, 1.82) is 0 Å². The van der Waals surface area contributed by atoms with Gasteiger partial charge in [0.2, 0.25) is 0 Å². The number of nitrogens with one attached hydrogen (secondary N) is 1. The average Bonchev–Trinajstić information content (AvgIpc) is 2.68. The fourth-order valence-corrected chi connectivity index (χ4v) is 3.00. The monoisotopic (exact) mass is 385 g/mol. The van der Waals surface area contributed by atoms with Crippen LogP contribution in [0.5, 0.6) is 17.2 Å². The number of hydrogen-bond donors (Lipinski definition) is 1.